The number of rotatable bonds is 3. The van der Waals surface area contributed by atoms with Gasteiger partial charge in [0.2, 0.25) is 5.75 Å². The van der Waals surface area contributed by atoms with Gasteiger partial charge in [-0.25, -0.2) is 9.97 Å². The van der Waals surface area contributed by atoms with Crippen LogP contribution in [-0.2, 0) is 0 Å². The highest BCUT2D eigenvalue weighted by atomic mass is 16.5. The average Bonchev–Trinajstić information content (AvgIpc) is 2.43. The van der Waals surface area contributed by atoms with Crippen LogP contribution in [0.2, 0.25) is 0 Å². The first-order valence-electron chi connectivity index (χ1n) is 6.62. The van der Waals surface area contributed by atoms with E-state index in [0.717, 1.165) is 24.7 Å². The van der Waals surface area contributed by atoms with Crippen molar-refractivity contribution in [1.29, 1.82) is 0 Å². The molecule has 106 valence electrons. The van der Waals surface area contributed by atoms with Gasteiger partial charge in [0, 0.05) is 32.2 Å². The Morgan fingerprint density at radius 1 is 1.26 bits per heavy atom. The summed E-state index contributed by atoms with van der Waals surface area (Å²) in [6.45, 7) is 6.35. The number of hydrogen-bond donors (Lipinski definition) is 1. The number of ether oxygens (including phenoxy) is 1. The highest BCUT2D eigenvalue weighted by Gasteiger charge is 2.29. The Kier molecular flexibility index (Phi) is 4.09. The lowest BCUT2D eigenvalue weighted by atomic mass is 10.1. The van der Waals surface area contributed by atoms with Crippen molar-refractivity contribution in [1.82, 2.24) is 14.9 Å². The SMILES string of the molecule is CNc1ncnc(N2CC(C)N(C)C(C)C2)c1OC. The number of piperazine rings is 1. The van der Waals surface area contributed by atoms with Gasteiger partial charge >= 0.3 is 0 Å². The fourth-order valence-corrected chi connectivity index (χ4v) is 2.53. The quantitative estimate of drug-likeness (QED) is 0.882. The Bertz CT molecular complexity index is 427. The van der Waals surface area contributed by atoms with Crippen molar-refractivity contribution in [3.05, 3.63) is 6.33 Å². The molecule has 6 heteroatoms. The van der Waals surface area contributed by atoms with Gasteiger partial charge in [0.15, 0.2) is 11.6 Å². The van der Waals surface area contributed by atoms with Crippen molar-refractivity contribution < 1.29 is 4.74 Å². The van der Waals surface area contributed by atoms with Crippen LogP contribution in [0.1, 0.15) is 13.8 Å². The minimum absolute atomic E-state index is 0.487. The summed E-state index contributed by atoms with van der Waals surface area (Å²) < 4.78 is 5.48. The van der Waals surface area contributed by atoms with Crippen LogP contribution in [0.25, 0.3) is 0 Å². The third-order valence-electron chi connectivity index (χ3n) is 3.89. The molecule has 19 heavy (non-hydrogen) atoms. The Morgan fingerprint density at radius 3 is 2.42 bits per heavy atom. The van der Waals surface area contributed by atoms with Crippen molar-refractivity contribution in [2.24, 2.45) is 0 Å². The lowest BCUT2D eigenvalue weighted by Crippen LogP contribution is -2.55. The van der Waals surface area contributed by atoms with Crippen molar-refractivity contribution in [2.45, 2.75) is 25.9 Å². The second-order valence-corrected chi connectivity index (χ2v) is 5.10. The number of nitrogens with one attached hydrogen (secondary N) is 1. The zero-order valence-electron chi connectivity index (χ0n) is 12.3. The Balaban J connectivity index is 2.31. The zero-order chi connectivity index (χ0) is 14.0. The predicted molar refractivity (Wildman–Crippen MR) is 77.0 cm³/mol. The predicted octanol–water partition coefficient (Wildman–Crippen LogP) is 1.06. The van der Waals surface area contributed by atoms with E-state index in [1.54, 1.807) is 13.4 Å². The summed E-state index contributed by atoms with van der Waals surface area (Å²) in [6, 6.07) is 0.975. The normalized spacial score (nSPS) is 24.4. The molecule has 0 spiro atoms. The molecule has 2 atom stereocenters. The molecule has 1 aliphatic heterocycles. The third kappa shape index (κ3) is 2.58. The van der Waals surface area contributed by atoms with Gasteiger partial charge in [-0.3, -0.25) is 4.90 Å². The van der Waals surface area contributed by atoms with Gasteiger partial charge in [-0.15, -0.1) is 0 Å². The van der Waals surface area contributed by atoms with Crippen LogP contribution in [-0.4, -0.2) is 61.2 Å². The molecule has 0 aliphatic carbocycles. The molecule has 2 heterocycles. The first-order chi connectivity index (χ1) is 9.08. The Labute approximate surface area is 114 Å². The number of nitrogens with zero attached hydrogens (tertiary/aromatic N) is 4. The van der Waals surface area contributed by atoms with E-state index in [0.29, 0.717) is 17.8 Å². The van der Waals surface area contributed by atoms with Gasteiger partial charge in [0.1, 0.15) is 6.33 Å². The molecule has 0 bridgehead atoms. The standard InChI is InChI=1S/C13H23N5O/c1-9-6-18(7-10(2)17(9)4)13-11(19-5)12(14-3)15-8-16-13/h8-10H,6-7H2,1-5H3,(H,14,15,16). The Morgan fingerprint density at radius 2 is 1.89 bits per heavy atom. The minimum atomic E-state index is 0.487. The van der Waals surface area contributed by atoms with Gasteiger partial charge in [0.05, 0.1) is 7.11 Å². The fourth-order valence-electron chi connectivity index (χ4n) is 2.53. The van der Waals surface area contributed by atoms with Gasteiger partial charge in [-0.05, 0) is 20.9 Å². The fraction of sp³-hybridized carbons (Fsp3) is 0.692. The molecule has 0 aromatic carbocycles. The zero-order valence-corrected chi connectivity index (χ0v) is 12.3. The molecule has 2 unspecified atom stereocenters. The molecule has 1 aromatic heterocycles. The first-order valence-corrected chi connectivity index (χ1v) is 6.62. The molecule has 0 amide bonds. The molecule has 1 fully saturated rings. The Hall–Kier alpha value is -1.56. The van der Waals surface area contributed by atoms with E-state index in [1.807, 2.05) is 7.05 Å². The monoisotopic (exact) mass is 265 g/mol. The molecule has 0 radical (unpaired) electrons. The second-order valence-electron chi connectivity index (χ2n) is 5.10. The number of anilines is 2. The largest absolute Gasteiger partial charge is 0.490 e. The summed E-state index contributed by atoms with van der Waals surface area (Å²) in [5.41, 5.74) is 0. The van der Waals surface area contributed by atoms with Crippen LogP contribution in [0.3, 0.4) is 0 Å². The number of methoxy groups -OCH3 is 1. The van der Waals surface area contributed by atoms with E-state index < -0.39 is 0 Å². The highest BCUT2D eigenvalue weighted by Crippen LogP contribution is 2.33. The first kappa shape index (κ1) is 13.9. The van der Waals surface area contributed by atoms with E-state index in [1.165, 1.54) is 0 Å². The molecule has 1 aromatic rings. The van der Waals surface area contributed by atoms with Gasteiger partial charge in [-0.2, -0.15) is 0 Å². The van der Waals surface area contributed by atoms with Crippen molar-refractivity contribution in [2.75, 3.05) is 44.5 Å². The van der Waals surface area contributed by atoms with Gasteiger partial charge in [-0.1, -0.05) is 0 Å². The topological polar surface area (TPSA) is 53.5 Å². The van der Waals surface area contributed by atoms with Crippen LogP contribution in [0.15, 0.2) is 6.33 Å². The summed E-state index contributed by atoms with van der Waals surface area (Å²) in [7, 11) is 5.67. The molecule has 0 saturated carbocycles. The molecular weight excluding hydrogens is 242 g/mol. The summed E-state index contributed by atoms with van der Waals surface area (Å²) in [5.74, 6) is 2.31. The maximum Gasteiger partial charge on any atom is 0.204 e. The van der Waals surface area contributed by atoms with Crippen molar-refractivity contribution >= 4 is 11.6 Å². The number of hydrogen-bond acceptors (Lipinski definition) is 6. The minimum Gasteiger partial charge on any atom is -0.490 e. The molecule has 2 rings (SSSR count). The van der Waals surface area contributed by atoms with Crippen LogP contribution >= 0.6 is 0 Å². The van der Waals surface area contributed by atoms with E-state index in [4.69, 9.17) is 4.74 Å². The molecular formula is C13H23N5O. The highest BCUT2D eigenvalue weighted by molar-refractivity contribution is 5.64. The van der Waals surface area contributed by atoms with Gasteiger partial charge < -0.3 is 15.0 Å². The lowest BCUT2D eigenvalue weighted by Gasteiger charge is -2.43. The van der Waals surface area contributed by atoms with Crippen molar-refractivity contribution in [3.8, 4) is 5.75 Å². The molecule has 1 N–H and O–H groups in total. The van der Waals surface area contributed by atoms with E-state index in [-0.39, 0.29) is 0 Å². The van der Waals surface area contributed by atoms with E-state index in [9.17, 15) is 0 Å². The molecule has 6 nitrogen and oxygen atoms in total. The third-order valence-corrected chi connectivity index (χ3v) is 3.89. The van der Waals surface area contributed by atoms with Crippen LogP contribution in [0.4, 0.5) is 11.6 Å². The molecule has 1 saturated heterocycles. The second kappa shape index (κ2) is 5.61. The summed E-state index contributed by atoms with van der Waals surface area (Å²) in [6.07, 6.45) is 1.58. The maximum absolute atomic E-state index is 5.48. The van der Waals surface area contributed by atoms with Crippen LogP contribution in [0.5, 0.6) is 5.75 Å². The van der Waals surface area contributed by atoms with Gasteiger partial charge in [0.25, 0.3) is 0 Å². The van der Waals surface area contributed by atoms with Crippen LogP contribution in [0, 0.1) is 0 Å². The number of aromatic nitrogens is 2. The molecule has 1 aliphatic rings. The lowest BCUT2D eigenvalue weighted by molar-refractivity contribution is 0.169. The summed E-state index contributed by atoms with van der Waals surface area (Å²) >= 11 is 0. The van der Waals surface area contributed by atoms with E-state index >= 15 is 0 Å². The smallest absolute Gasteiger partial charge is 0.204 e. The van der Waals surface area contributed by atoms with Crippen LogP contribution < -0.4 is 15.0 Å². The van der Waals surface area contributed by atoms with E-state index in [2.05, 4.69) is 46.0 Å². The maximum atomic E-state index is 5.48. The average molecular weight is 265 g/mol. The summed E-state index contributed by atoms with van der Waals surface area (Å²) in [4.78, 5) is 13.3. The van der Waals surface area contributed by atoms with Crippen molar-refractivity contribution in [3.63, 3.8) is 0 Å². The number of likely N-dealkylation sites (N-methyl/N-ethyl adjacent to an activating group) is 1. The summed E-state index contributed by atoms with van der Waals surface area (Å²) in [5, 5.41) is 3.04.